The summed E-state index contributed by atoms with van der Waals surface area (Å²) in [4.78, 5) is 4.56. The lowest BCUT2D eigenvalue weighted by molar-refractivity contribution is 0.246. The first kappa shape index (κ1) is 16.7. The van der Waals surface area contributed by atoms with Gasteiger partial charge in [-0.15, -0.1) is 0 Å². The van der Waals surface area contributed by atoms with E-state index in [0.717, 1.165) is 16.7 Å². The van der Waals surface area contributed by atoms with Crippen molar-refractivity contribution in [2.24, 2.45) is 4.99 Å². The standard InChI is InChI=1S/C18H19NO4S/c1-13-6-8-17(9-7-13)24(20,21)23-12-16-11-22-18(19-16)15-5-3-4-14(2)10-15/h3-10,16H,11-12H2,1-2H3. The van der Waals surface area contributed by atoms with Gasteiger partial charge in [0.2, 0.25) is 5.90 Å². The Morgan fingerprint density at radius 1 is 1.12 bits per heavy atom. The van der Waals surface area contributed by atoms with E-state index in [4.69, 9.17) is 8.92 Å². The highest BCUT2D eigenvalue weighted by atomic mass is 32.2. The number of ether oxygens (including phenoxy) is 1. The lowest BCUT2D eigenvalue weighted by atomic mass is 10.1. The van der Waals surface area contributed by atoms with Crippen molar-refractivity contribution in [2.45, 2.75) is 24.8 Å². The summed E-state index contributed by atoms with van der Waals surface area (Å²) < 4.78 is 35.1. The van der Waals surface area contributed by atoms with Gasteiger partial charge < -0.3 is 4.74 Å². The number of benzene rings is 2. The zero-order chi connectivity index (χ0) is 17.2. The normalized spacial score (nSPS) is 17.4. The first-order valence-electron chi connectivity index (χ1n) is 7.68. The predicted molar refractivity (Wildman–Crippen MR) is 91.8 cm³/mol. The number of hydrogen-bond acceptors (Lipinski definition) is 5. The van der Waals surface area contributed by atoms with Crippen molar-refractivity contribution in [3.8, 4) is 0 Å². The van der Waals surface area contributed by atoms with Crippen molar-refractivity contribution in [3.63, 3.8) is 0 Å². The highest BCUT2D eigenvalue weighted by Crippen LogP contribution is 2.17. The lowest BCUT2D eigenvalue weighted by Gasteiger charge is -2.07. The maximum absolute atomic E-state index is 12.2. The van der Waals surface area contributed by atoms with Gasteiger partial charge in [-0.2, -0.15) is 8.42 Å². The first-order valence-corrected chi connectivity index (χ1v) is 9.08. The van der Waals surface area contributed by atoms with Crippen LogP contribution < -0.4 is 0 Å². The quantitative estimate of drug-likeness (QED) is 0.782. The van der Waals surface area contributed by atoms with E-state index < -0.39 is 10.1 Å². The fourth-order valence-electron chi connectivity index (χ4n) is 2.38. The second-order valence-corrected chi connectivity index (χ2v) is 7.44. The summed E-state index contributed by atoms with van der Waals surface area (Å²) in [6.07, 6.45) is 0. The number of nitrogens with zero attached hydrogens (tertiary/aromatic N) is 1. The van der Waals surface area contributed by atoms with Crippen molar-refractivity contribution in [3.05, 3.63) is 65.2 Å². The molecule has 6 heteroatoms. The molecular formula is C18H19NO4S. The maximum atomic E-state index is 12.2. The van der Waals surface area contributed by atoms with Gasteiger partial charge in [0.05, 0.1) is 11.5 Å². The Labute approximate surface area is 142 Å². The Hall–Kier alpha value is -2.18. The van der Waals surface area contributed by atoms with Gasteiger partial charge in [-0.05, 0) is 38.1 Å². The van der Waals surface area contributed by atoms with Crippen LogP contribution in [0.5, 0.6) is 0 Å². The van der Waals surface area contributed by atoms with Crippen LogP contribution in [-0.2, 0) is 19.0 Å². The second kappa shape index (κ2) is 6.75. The number of aryl methyl sites for hydroxylation is 2. The summed E-state index contributed by atoms with van der Waals surface area (Å²) in [5.74, 6) is 0.528. The molecule has 1 aliphatic heterocycles. The molecule has 0 N–H and O–H groups in total. The zero-order valence-corrected chi connectivity index (χ0v) is 14.4. The smallest absolute Gasteiger partial charge is 0.297 e. The lowest BCUT2D eigenvalue weighted by Crippen LogP contribution is -2.18. The minimum absolute atomic E-state index is 0.0362. The second-order valence-electron chi connectivity index (χ2n) is 5.82. The van der Waals surface area contributed by atoms with Gasteiger partial charge in [0.25, 0.3) is 10.1 Å². The van der Waals surface area contributed by atoms with E-state index in [2.05, 4.69) is 4.99 Å². The Morgan fingerprint density at radius 2 is 1.88 bits per heavy atom. The topological polar surface area (TPSA) is 65.0 Å². The number of aliphatic imine (C=N–C) groups is 1. The Morgan fingerprint density at radius 3 is 2.58 bits per heavy atom. The molecule has 0 spiro atoms. The number of rotatable bonds is 5. The van der Waals surface area contributed by atoms with Gasteiger partial charge in [-0.1, -0.05) is 35.4 Å². The van der Waals surface area contributed by atoms with E-state index in [-0.39, 0.29) is 17.5 Å². The van der Waals surface area contributed by atoms with Gasteiger partial charge in [0, 0.05) is 5.56 Å². The average Bonchev–Trinajstić information content (AvgIpc) is 3.03. The number of hydrogen-bond donors (Lipinski definition) is 0. The van der Waals surface area contributed by atoms with Crippen LogP contribution >= 0.6 is 0 Å². The molecule has 0 amide bonds. The molecule has 3 rings (SSSR count). The largest absolute Gasteiger partial charge is 0.475 e. The van der Waals surface area contributed by atoms with E-state index in [1.54, 1.807) is 12.1 Å². The highest BCUT2D eigenvalue weighted by molar-refractivity contribution is 7.86. The van der Waals surface area contributed by atoms with E-state index in [1.807, 2.05) is 38.1 Å². The van der Waals surface area contributed by atoms with Gasteiger partial charge in [-0.25, -0.2) is 4.99 Å². The molecule has 0 saturated carbocycles. The van der Waals surface area contributed by atoms with E-state index in [1.165, 1.54) is 12.1 Å². The van der Waals surface area contributed by atoms with Crippen LogP contribution in [0.15, 0.2) is 58.4 Å². The minimum Gasteiger partial charge on any atom is -0.475 e. The van der Waals surface area contributed by atoms with Crippen LogP contribution in [0, 0.1) is 13.8 Å². The molecular weight excluding hydrogens is 326 g/mol. The van der Waals surface area contributed by atoms with Crippen molar-refractivity contribution in [1.29, 1.82) is 0 Å². The van der Waals surface area contributed by atoms with Crippen molar-refractivity contribution in [1.82, 2.24) is 0 Å². The molecule has 2 aromatic rings. The monoisotopic (exact) mass is 345 g/mol. The van der Waals surface area contributed by atoms with Crippen LogP contribution in [0.2, 0.25) is 0 Å². The molecule has 0 radical (unpaired) electrons. The summed E-state index contributed by atoms with van der Waals surface area (Å²) in [5, 5.41) is 0. The first-order chi connectivity index (χ1) is 11.4. The van der Waals surface area contributed by atoms with Crippen molar-refractivity contribution in [2.75, 3.05) is 13.2 Å². The Bertz CT molecular complexity index is 857. The fourth-order valence-corrected chi connectivity index (χ4v) is 3.32. The molecule has 1 aliphatic rings. The third-order valence-electron chi connectivity index (χ3n) is 3.70. The van der Waals surface area contributed by atoms with Crippen LogP contribution in [-0.4, -0.2) is 33.6 Å². The average molecular weight is 345 g/mol. The third-order valence-corrected chi connectivity index (χ3v) is 5.00. The molecule has 0 fully saturated rings. The van der Waals surface area contributed by atoms with E-state index >= 15 is 0 Å². The minimum atomic E-state index is -3.78. The third kappa shape index (κ3) is 3.83. The summed E-state index contributed by atoms with van der Waals surface area (Å²) in [7, 11) is -3.78. The van der Waals surface area contributed by atoms with Crippen LogP contribution in [0.25, 0.3) is 0 Å². The Balaban J connectivity index is 1.66. The highest BCUT2D eigenvalue weighted by Gasteiger charge is 2.24. The fraction of sp³-hybridized carbons (Fsp3) is 0.278. The SMILES string of the molecule is Cc1ccc(S(=O)(=O)OCC2COC(c3cccc(C)c3)=N2)cc1. The molecule has 0 aromatic heterocycles. The molecule has 24 heavy (non-hydrogen) atoms. The Kier molecular flexibility index (Phi) is 4.69. The van der Waals surface area contributed by atoms with Crippen LogP contribution in [0.1, 0.15) is 16.7 Å². The van der Waals surface area contributed by atoms with E-state index in [0.29, 0.717) is 12.5 Å². The van der Waals surface area contributed by atoms with Crippen LogP contribution in [0.3, 0.4) is 0 Å². The molecule has 0 bridgehead atoms. The molecule has 0 aliphatic carbocycles. The van der Waals surface area contributed by atoms with Crippen molar-refractivity contribution < 1.29 is 17.3 Å². The predicted octanol–water partition coefficient (Wildman–Crippen LogP) is 2.85. The summed E-state index contributed by atoms with van der Waals surface area (Å²) in [6.45, 7) is 4.17. The molecule has 0 saturated heterocycles. The molecule has 2 aromatic carbocycles. The summed E-state index contributed by atoms with van der Waals surface area (Å²) in [5.41, 5.74) is 2.99. The molecule has 126 valence electrons. The summed E-state index contributed by atoms with van der Waals surface area (Å²) in [6, 6.07) is 14.0. The summed E-state index contributed by atoms with van der Waals surface area (Å²) >= 11 is 0. The molecule has 5 nitrogen and oxygen atoms in total. The zero-order valence-electron chi connectivity index (χ0n) is 13.6. The molecule has 1 atom stereocenters. The van der Waals surface area contributed by atoms with Gasteiger partial charge in [0.15, 0.2) is 0 Å². The molecule has 1 unspecified atom stereocenters. The van der Waals surface area contributed by atoms with Gasteiger partial charge in [0.1, 0.15) is 12.6 Å². The van der Waals surface area contributed by atoms with E-state index in [9.17, 15) is 8.42 Å². The van der Waals surface area contributed by atoms with Crippen LogP contribution in [0.4, 0.5) is 0 Å². The molecule has 1 heterocycles. The maximum Gasteiger partial charge on any atom is 0.297 e. The van der Waals surface area contributed by atoms with Gasteiger partial charge in [-0.3, -0.25) is 4.18 Å². The van der Waals surface area contributed by atoms with Crippen molar-refractivity contribution >= 4 is 16.0 Å². The van der Waals surface area contributed by atoms with Gasteiger partial charge >= 0.3 is 0 Å².